The van der Waals surface area contributed by atoms with Crippen LogP contribution in [0.4, 0.5) is 4.39 Å². The van der Waals surface area contributed by atoms with Crippen molar-refractivity contribution in [2.75, 3.05) is 13.1 Å². The average Bonchev–Trinajstić information content (AvgIpc) is 3.02. The van der Waals surface area contributed by atoms with Crippen LogP contribution in [-0.2, 0) is 16.1 Å². The lowest BCUT2D eigenvalue weighted by Gasteiger charge is -2.25. The van der Waals surface area contributed by atoms with Crippen molar-refractivity contribution in [2.45, 2.75) is 26.4 Å². The van der Waals surface area contributed by atoms with Crippen molar-refractivity contribution in [2.24, 2.45) is 0 Å². The zero-order valence-corrected chi connectivity index (χ0v) is 15.0. The number of aliphatic carboxylic acids is 1. The zero-order valence-electron chi connectivity index (χ0n) is 14.2. The Hall–Kier alpha value is -2.25. The summed E-state index contributed by atoms with van der Waals surface area (Å²) in [4.78, 5) is 26.1. The molecule has 0 spiro atoms. The van der Waals surface area contributed by atoms with E-state index in [-0.39, 0.29) is 11.7 Å². The molecule has 2 N–H and O–H groups in total. The predicted octanol–water partition coefficient (Wildman–Crippen LogP) is 2.97. The fourth-order valence-corrected chi connectivity index (χ4v) is 3.41. The maximum atomic E-state index is 13.0. The lowest BCUT2D eigenvalue weighted by atomic mass is 10.2. The van der Waals surface area contributed by atoms with Crippen LogP contribution < -0.4 is 5.32 Å². The summed E-state index contributed by atoms with van der Waals surface area (Å²) < 4.78 is 13.0. The molecule has 1 aromatic heterocycles. The molecular formula is C18H21FN2O3S. The summed E-state index contributed by atoms with van der Waals surface area (Å²) in [7, 11) is 0. The lowest BCUT2D eigenvalue weighted by Crippen LogP contribution is -2.42. The summed E-state index contributed by atoms with van der Waals surface area (Å²) in [6.45, 7) is 4.36. The van der Waals surface area contributed by atoms with E-state index >= 15 is 0 Å². The van der Waals surface area contributed by atoms with Crippen LogP contribution in [0.1, 0.15) is 18.7 Å². The maximum absolute atomic E-state index is 13.0. The van der Waals surface area contributed by atoms with E-state index < -0.39 is 12.0 Å². The van der Waals surface area contributed by atoms with E-state index in [9.17, 15) is 19.1 Å². The minimum Gasteiger partial charge on any atom is -0.480 e. The second kappa shape index (κ2) is 8.73. The molecule has 0 saturated heterocycles. The predicted molar refractivity (Wildman–Crippen MR) is 95.9 cm³/mol. The van der Waals surface area contributed by atoms with Crippen LogP contribution in [0, 0.1) is 5.82 Å². The molecule has 134 valence electrons. The second-order valence-corrected chi connectivity index (χ2v) is 6.91. The number of thiophene rings is 1. The van der Waals surface area contributed by atoms with Crippen molar-refractivity contribution < 1.29 is 19.1 Å². The lowest BCUT2D eigenvalue weighted by molar-refractivity contribution is -0.142. The molecule has 1 amide bonds. The number of amides is 1. The molecular weight excluding hydrogens is 343 g/mol. The first-order valence-electron chi connectivity index (χ1n) is 7.92. The largest absolute Gasteiger partial charge is 0.480 e. The monoisotopic (exact) mass is 364 g/mol. The van der Waals surface area contributed by atoms with Gasteiger partial charge in [0.1, 0.15) is 11.9 Å². The molecule has 5 nitrogen and oxygen atoms in total. The van der Waals surface area contributed by atoms with Crippen LogP contribution >= 0.6 is 11.3 Å². The van der Waals surface area contributed by atoms with Gasteiger partial charge in [-0.3, -0.25) is 14.5 Å². The first kappa shape index (κ1) is 19.1. The van der Waals surface area contributed by atoms with Gasteiger partial charge in [-0.2, -0.15) is 0 Å². The Morgan fingerprint density at radius 2 is 1.92 bits per heavy atom. The molecule has 1 heterocycles. The Bertz CT molecular complexity index is 730. The number of carbonyl (C=O) groups excluding carboxylic acids is 1. The van der Waals surface area contributed by atoms with Crippen LogP contribution in [0.25, 0.3) is 10.4 Å². The molecule has 0 saturated carbocycles. The van der Waals surface area contributed by atoms with Crippen LogP contribution in [0.15, 0.2) is 36.4 Å². The number of carboxylic acids is 1. The number of nitrogens with one attached hydrogen (secondary N) is 1. The number of rotatable bonds is 8. The molecule has 25 heavy (non-hydrogen) atoms. The zero-order chi connectivity index (χ0) is 18.4. The normalized spacial score (nSPS) is 12.2. The highest BCUT2D eigenvalue weighted by Gasteiger charge is 2.21. The smallest absolute Gasteiger partial charge is 0.320 e. The van der Waals surface area contributed by atoms with E-state index in [2.05, 4.69) is 5.32 Å². The SMILES string of the molecule is CC(=O)NCCN(Cc1ccc(-c2ccc(F)cc2)s1)C(C)C(=O)O. The molecule has 0 bridgehead atoms. The Morgan fingerprint density at radius 3 is 2.52 bits per heavy atom. The van der Waals surface area contributed by atoms with Crippen molar-refractivity contribution >= 4 is 23.2 Å². The molecule has 0 fully saturated rings. The molecule has 0 aliphatic heterocycles. The highest BCUT2D eigenvalue weighted by Crippen LogP contribution is 2.29. The van der Waals surface area contributed by atoms with Gasteiger partial charge < -0.3 is 10.4 Å². The summed E-state index contributed by atoms with van der Waals surface area (Å²) in [6.07, 6.45) is 0. The number of carboxylic acid groups (broad SMARTS) is 1. The van der Waals surface area contributed by atoms with Crippen molar-refractivity contribution in [1.82, 2.24) is 10.2 Å². The Kier molecular flexibility index (Phi) is 6.66. The third kappa shape index (κ3) is 5.65. The summed E-state index contributed by atoms with van der Waals surface area (Å²) in [5, 5.41) is 12.0. The molecule has 0 aliphatic carbocycles. The van der Waals surface area contributed by atoms with Gasteiger partial charge in [-0.15, -0.1) is 11.3 Å². The summed E-state index contributed by atoms with van der Waals surface area (Å²) in [6, 6.07) is 9.51. The summed E-state index contributed by atoms with van der Waals surface area (Å²) >= 11 is 1.54. The quantitative estimate of drug-likeness (QED) is 0.756. The average molecular weight is 364 g/mol. The number of hydrogen-bond donors (Lipinski definition) is 2. The van der Waals surface area contributed by atoms with Crippen molar-refractivity contribution in [3.8, 4) is 10.4 Å². The van der Waals surface area contributed by atoms with E-state index in [1.54, 1.807) is 35.3 Å². The second-order valence-electron chi connectivity index (χ2n) is 5.74. The fourth-order valence-electron chi connectivity index (χ4n) is 2.37. The molecule has 0 aliphatic rings. The van der Waals surface area contributed by atoms with E-state index in [0.717, 1.165) is 15.3 Å². The highest BCUT2D eigenvalue weighted by atomic mass is 32.1. The number of nitrogens with zero attached hydrogens (tertiary/aromatic N) is 1. The molecule has 1 unspecified atom stereocenters. The van der Waals surface area contributed by atoms with Crippen molar-refractivity contribution in [1.29, 1.82) is 0 Å². The molecule has 1 aromatic carbocycles. The van der Waals surface area contributed by atoms with E-state index in [1.165, 1.54) is 19.1 Å². The number of hydrogen-bond acceptors (Lipinski definition) is 4. The molecule has 7 heteroatoms. The third-order valence-electron chi connectivity index (χ3n) is 3.83. The number of halogens is 1. The summed E-state index contributed by atoms with van der Waals surface area (Å²) in [5.41, 5.74) is 0.925. The van der Waals surface area contributed by atoms with Gasteiger partial charge in [-0.1, -0.05) is 12.1 Å². The van der Waals surface area contributed by atoms with E-state index in [1.807, 2.05) is 12.1 Å². The standard InChI is InChI=1S/C18H21FN2O3S/c1-12(18(23)24)21(10-9-20-13(2)22)11-16-7-8-17(25-16)14-3-5-15(19)6-4-14/h3-8,12H,9-11H2,1-2H3,(H,20,22)(H,23,24). The third-order valence-corrected chi connectivity index (χ3v) is 4.95. The van der Waals surface area contributed by atoms with Gasteiger partial charge >= 0.3 is 5.97 Å². The Labute approximate surface area is 150 Å². The molecule has 0 radical (unpaired) electrons. The minimum absolute atomic E-state index is 0.141. The van der Waals surface area contributed by atoms with Crippen molar-refractivity contribution in [3.63, 3.8) is 0 Å². The first-order valence-corrected chi connectivity index (χ1v) is 8.74. The minimum atomic E-state index is -0.905. The van der Waals surface area contributed by atoms with Crippen molar-refractivity contribution in [3.05, 3.63) is 47.1 Å². The fraction of sp³-hybridized carbons (Fsp3) is 0.333. The van der Waals surface area contributed by atoms with Gasteiger partial charge in [0.2, 0.25) is 5.91 Å². The van der Waals surface area contributed by atoms with E-state index in [0.29, 0.717) is 19.6 Å². The highest BCUT2D eigenvalue weighted by molar-refractivity contribution is 7.15. The van der Waals surface area contributed by atoms with E-state index in [4.69, 9.17) is 0 Å². The van der Waals surface area contributed by atoms with Gasteiger partial charge in [0.25, 0.3) is 0 Å². The van der Waals surface area contributed by atoms with Gasteiger partial charge in [0.05, 0.1) is 0 Å². The molecule has 2 rings (SSSR count). The van der Waals surface area contributed by atoms with Gasteiger partial charge in [0, 0.05) is 36.3 Å². The van der Waals surface area contributed by atoms with Crippen LogP contribution in [-0.4, -0.2) is 41.0 Å². The van der Waals surface area contributed by atoms with Crippen LogP contribution in [0.3, 0.4) is 0 Å². The molecule has 1 atom stereocenters. The van der Waals surface area contributed by atoms with Gasteiger partial charge in [-0.25, -0.2) is 4.39 Å². The Morgan fingerprint density at radius 1 is 1.24 bits per heavy atom. The topological polar surface area (TPSA) is 69.6 Å². The van der Waals surface area contributed by atoms with Gasteiger partial charge in [0.15, 0.2) is 0 Å². The Balaban J connectivity index is 2.08. The van der Waals surface area contributed by atoms with Crippen LogP contribution in [0.5, 0.6) is 0 Å². The number of carbonyl (C=O) groups is 2. The van der Waals surface area contributed by atoms with Gasteiger partial charge in [-0.05, 0) is 36.8 Å². The number of benzene rings is 1. The maximum Gasteiger partial charge on any atom is 0.320 e. The summed E-state index contributed by atoms with van der Waals surface area (Å²) in [5.74, 6) is -1.32. The molecule has 2 aromatic rings. The first-order chi connectivity index (χ1) is 11.9. The van der Waals surface area contributed by atoms with Crippen LogP contribution in [0.2, 0.25) is 0 Å².